The minimum absolute atomic E-state index is 0.111. The van der Waals surface area contributed by atoms with Gasteiger partial charge in [0.2, 0.25) is 5.91 Å². The molecule has 28 heavy (non-hydrogen) atoms. The average Bonchev–Trinajstić information content (AvgIpc) is 2.67. The van der Waals surface area contributed by atoms with Gasteiger partial charge in [-0.1, -0.05) is 24.3 Å². The van der Waals surface area contributed by atoms with Gasteiger partial charge in [-0.2, -0.15) is 0 Å². The summed E-state index contributed by atoms with van der Waals surface area (Å²) >= 11 is 5.18. The van der Waals surface area contributed by atoms with Crippen LogP contribution < -0.4 is 15.4 Å². The normalized spacial score (nSPS) is 10.4. The number of nitrogens with zero attached hydrogens (tertiary/aromatic N) is 1. The van der Waals surface area contributed by atoms with Gasteiger partial charge in [0.15, 0.2) is 5.11 Å². The summed E-state index contributed by atoms with van der Waals surface area (Å²) in [5.41, 5.74) is 1.86. The molecule has 146 valence electrons. The molecule has 0 saturated heterocycles. The minimum Gasteiger partial charge on any atom is -0.494 e. The van der Waals surface area contributed by atoms with Gasteiger partial charge in [-0.15, -0.1) is 0 Å². The van der Waals surface area contributed by atoms with Crippen LogP contribution in [0.1, 0.15) is 22.8 Å². The lowest BCUT2D eigenvalue weighted by molar-refractivity contribution is -0.115. The fourth-order valence-electron chi connectivity index (χ4n) is 2.34. The summed E-state index contributed by atoms with van der Waals surface area (Å²) in [6.45, 7) is 2.52. The summed E-state index contributed by atoms with van der Waals surface area (Å²) in [6, 6.07) is 14.4. The quantitative estimate of drug-likeness (QED) is 0.578. The zero-order valence-corrected chi connectivity index (χ0v) is 16.9. The SMILES string of the molecule is CCOc1ccc(/C=C/C(=O)NC(=S)Nc2ccccc2C(=O)N(C)C)cc1. The van der Waals surface area contributed by atoms with E-state index in [9.17, 15) is 9.59 Å². The third-order valence-electron chi connectivity index (χ3n) is 3.67. The van der Waals surface area contributed by atoms with Crippen molar-refractivity contribution in [2.24, 2.45) is 0 Å². The van der Waals surface area contributed by atoms with Crippen LogP contribution in [-0.2, 0) is 4.79 Å². The molecule has 0 fully saturated rings. The van der Waals surface area contributed by atoms with Crippen LogP contribution in [-0.4, -0.2) is 42.5 Å². The second-order valence-corrected chi connectivity index (χ2v) is 6.43. The molecule has 0 radical (unpaired) electrons. The van der Waals surface area contributed by atoms with Crippen LogP contribution in [0.2, 0.25) is 0 Å². The zero-order chi connectivity index (χ0) is 20.5. The highest BCUT2D eigenvalue weighted by atomic mass is 32.1. The molecular weight excluding hydrogens is 374 g/mol. The molecule has 0 aliphatic heterocycles. The van der Waals surface area contributed by atoms with Crippen LogP contribution in [0.5, 0.6) is 5.75 Å². The number of amides is 2. The minimum atomic E-state index is -0.372. The van der Waals surface area contributed by atoms with E-state index in [0.29, 0.717) is 17.9 Å². The number of carbonyl (C=O) groups excluding carboxylic acids is 2. The number of nitrogens with one attached hydrogen (secondary N) is 2. The monoisotopic (exact) mass is 397 g/mol. The molecule has 0 atom stereocenters. The van der Waals surface area contributed by atoms with E-state index in [1.54, 1.807) is 44.4 Å². The maximum atomic E-state index is 12.2. The second-order valence-electron chi connectivity index (χ2n) is 6.02. The molecule has 2 amide bonds. The Hall–Kier alpha value is -3.19. The Balaban J connectivity index is 1.96. The van der Waals surface area contributed by atoms with Gasteiger partial charge in [-0.05, 0) is 55.0 Å². The summed E-state index contributed by atoms with van der Waals surface area (Å²) in [5, 5.41) is 5.58. The molecule has 0 spiro atoms. The lowest BCUT2D eigenvalue weighted by Gasteiger charge is -2.15. The first-order chi connectivity index (χ1) is 13.4. The largest absolute Gasteiger partial charge is 0.494 e. The van der Waals surface area contributed by atoms with Gasteiger partial charge in [-0.3, -0.25) is 14.9 Å². The van der Waals surface area contributed by atoms with Crippen molar-refractivity contribution < 1.29 is 14.3 Å². The highest BCUT2D eigenvalue weighted by Crippen LogP contribution is 2.16. The molecule has 0 bridgehead atoms. The third kappa shape index (κ3) is 6.21. The van der Waals surface area contributed by atoms with E-state index in [2.05, 4.69) is 10.6 Å². The van der Waals surface area contributed by atoms with Gasteiger partial charge < -0.3 is 15.0 Å². The van der Waals surface area contributed by atoms with Gasteiger partial charge in [0.05, 0.1) is 17.9 Å². The molecule has 0 aliphatic rings. The van der Waals surface area contributed by atoms with Crippen LogP contribution in [0.15, 0.2) is 54.6 Å². The first kappa shape index (κ1) is 21.1. The van der Waals surface area contributed by atoms with E-state index in [-0.39, 0.29) is 16.9 Å². The van der Waals surface area contributed by atoms with Gasteiger partial charge in [0.1, 0.15) is 5.75 Å². The van der Waals surface area contributed by atoms with Crippen molar-refractivity contribution in [3.8, 4) is 5.75 Å². The van der Waals surface area contributed by atoms with Crippen molar-refractivity contribution >= 4 is 40.9 Å². The van der Waals surface area contributed by atoms with Crippen LogP contribution in [0, 0.1) is 0 Å². The summed E-state index contributed by atoms with van der Waals surface area (Å²) < 4.78 is 5.38. The molecule has 0 heterocycles. The van der Waals surface area contributed by atoms with Crippen molar-refractivity contribution in [2.75, 3.05) is 26.0 Å². The van der Waals surface area contributed by atoms with Crippen LogP contribution in [0.4, 0.5) is 5.69 Å². The van der Waals surface area contributed by atoms with Gasteiger partial charge in [-0.25, -0.2) is 0 Å². The second kappa shape index (κ2) is 10.2. The lowest BCUT2D eigenvalue weighted by atomic mass is 10.1. The van der Waals surface area contributed by atoms with Crippen molar-refractivity contribution in [1.82, 2.24) is 10.2 Å². The summed E-state index contributed by atoms with van der Waals surface area (Å²) in [5.74, 6) is 0.246. The van der Waals surface area contributed by atoms with Crippen LogP contribution in [0.3, 0.4) is 0 Å². The smallest absolute Gasteiger partial charge is 0.255 e. The van der Waals surface area contributed by atoms with Crippen molar-refractivity contribution in [2.45, 2.75) is 6.92 Å². The first-order valence-corrected chi connectivity index (χ1v) is 9.15. The molecular formula is C21H23N3O3S. The van der Waals surface area contributed by atoms with Crippen molar-refractivity contribution in [3.05, 3.63) is 65.7 Å². The third-order valence-corrected chi connectivity index (χ3v) is 3.87. The number of rotatable bonds is 6. The summed E-state index contributed by atoms with van der Waals surface area (Å²) in [7, 11) is 3.34. The van der Waals surface area contributed by atoms with Crippen molar-refractivity contribution in [1.29, 1.82) is 0 Å². The number of hydrogen-bond donors (Lipinski definition) is 2. The molecule has 0 aliphatic carbocycles. The number of para-hydroxylation sites is 1. The van der Waals surface area contributed by atoms with Gasteiger partial charge >= 0.3 is 0 Å². The number of ether oxygens (including phenoxy) is 1. The number of hydrogen-bond acceptors (Lipinski definition) is 4. The number of thiocarbonyl (C=S) groups is 1. The van der Waals surface area contributed by atoms with Gasteiger partial charge in [0.25, 0.3) is 5.91 Å². The Morgan fingerprint density at radius 1 is 1.11 bits per heavy atom. The lowest BCUT2D eigenvalue weighted by Crippen LogP contribution is -2.33. The number of anilines is 1. The number of carbonyl (C=O) groups is 2. The summed E-state index contributed by atoms with van der Waals surface area (Å²) in [6.07, 6.45) is 3.07. The van der Waals surface area contributed by atoms with E-state index < -0.39 is 0 Å². The zero-order valence-electron chi connectivity index (χ0n) is 16.1. The van der Waals surface area contributed by atoms with Crippen LogP contribution in [0.25, 0.3) is 6.08 Å². The highest BCUT2D eigenvalue weighted by molar-refractivity contribution is 7.80. The van der Waals surface area contributed by atoms with Gasteiger partial charge in [0, 0.05) is 20.2 Å². The Labute approximate surface area is 170 Å². The fourth-order valence-corrected chi connectivity index (χ4v) is 2.55. The molecule has 0 aromatic heterocycles. The predicted octanol–water partition coefficient (Wildman–Crippen LogP) is 3.31. The van der Waals surface area contributed by atoms with E-state index in [1.165, 1.54) is 11.0 Å². The maximum absolute atomic E-state index is 12.2. The molecule has 2 aromatic carbocycles. The Kier molecular flexibility index (Phi) is 7.71. The van der Waals surface area contributed by atoms with Crippen molar-refractivity contribution in [3.63, 3.8) is 0 Å². The molecule has 0 saturated carbocycles. The highest BCUT2D eigenvalue weighted by Gasteiger charge is 2.13. The molecule has 2 N–H and O–H groups in total. The summed E-state index contributed by atoms with van der Waals surface area (Å²) in [4.78, 5) is 25.8. The Morgan fingerprint density at radius 3 is 2.43 bits per heavy atom. The van der Waals surface area contributed by atoms with E-state index in [4.69, 9.17) is 17.0 Å². The maximum Gasteiger partial charge on any atom is 0.255 e. The van der Waals surface area contributed by atoms with Crippen LogP contribution >= 0.6 is 12.2 Å². The predicted molar refractivity (Wildman–Crippen MR) is 115 cm³/mol. The van der Waals surface area contributed by atoms with E-state index >= 15 is 0 Å². The molecule has 7 heteroatoms. The topological polar surface area (TPSA) is 70.7 Å². The average molecular weight is 398 g/mol. The fraction of sp³-hybridized carbons (Fsp3) is 0.190. The van der Waals surface area contributed by atoms with E-state index in [1.807, 2.05) is 31.2 Å². The molecule has 2 rings (SSSR count). The first-order valence-electron chi connectivity index (χ1n) is 8.74. The molecule has 6 nitrogen and oxygen atoms in total. The molecule has 0 unspecified atom stereocenters. The number of benzene rings is 2. The Bertz CT molecular complexity index is 877. The van der Waals surface area contributed by atoms with E-state index in [0.717, 1.165) is 11.3 Å². The molecule has 2 aromatic rings. The Morgan fingerprint density at radius 2 is 1.79 bits per heavy atom. The standard InChI is InChI=1S/C21H23N3O3S/c1-4-27-16-12-9-15(10-13-16)11-14-19(25)23-21(28)22-18-8-6-5-7-17(18)20(26)24(2)3/h5-14H,4H2,1-3H3,(H2,22,23,25,28)/b14-11+.